The van der Waals surface area contributed by atoms with Crippen LogP contribution in [0, 0.1) is 0 Å². The maximum absolute atomic E-state index is 8.85. The summed E-state index contributed by atoms with van der Waals surface area (Å²) >= 11 is 0. The van der Waals surface area contributed by atoms with E-state index in [0.717, 1.165) is 11.3 Å². The first-order valence-electron chi connectivity index (χ1n) is 4.83. The second-order valence-electron chi connectivity index (χ2n) is 3.49. The quantitative estimate of drug-likeness (QED) is 0.755. The molecule has 78 valence electrons. The van der Waals surface area contributed by atoms with Crippen LogP contribution in [0.15, 0.2) is 24.3 Å². The van der Waals surface area contributed by atoms with E-state index in [2.05, 4.69) is 0 Å². The van der Waals surface area contributed by atoms with E-state index in [0.29, 0.717) is 6.54 Å². The molecular formula is C11H18N2O. The van der Waals surface area contributed by atoms with E-state index in [1.807, 2.05) is 43.1 Å². The Kier molecular flexibility index (Phi) is 3.92. The SMILES string of the molecule is CC(N)c1ccccc1N(C)CCO. The third-order valence-corrected chi connectivity index (χ3v) is 2.27. The number of likely N-dealkylation sites (N-methyl/N-ethyl adjacent to an activating group) is 1. The third-order valence-electron chi connectivity index (χ3n) is 2.27. The zero-order chi connectivity index (χ0) is 10.6. The lowest BCUT2D eigenvalue weighted by Gasteiger charge is -2.22. The highest BCUT2D eigenvalue weighted by Crippen LogP contribution is 2.23. The van der Waals surface area contributed by atoms with Crippen LogP contribution < -0.4 is 10.6 Å². The van der Waals surface area contributed by atoms with Crippen molar-refractivity contribution in [2.45, 2.75) is 13.0 Å². The van der Waals surface area contributed by atoms with Crippen molar-refractivity contribution in [3.8, 4) is 0 Å². The van der Waals surface area contributed by atoms with Gasteiger partial charge in [-0.15, -0.1) is 0 Å². The van der Waals surface area contributed by atoms with Gasteiger partial charge in [-0.3, -0.25) is 0 Å². The van der Waals surface area contributed by atoms with Crippen LogP contribution in [0.5, 0.6) is 0 Å². The summed E-state index contributed by atoms with van der Waals surface area (Å²) in [6.45, 7) is 2.75. The fraction of sp³-hybridized carbons (Fsp3) is 0.455. The van der Waals surface area contributed by atoms with Gasteiger partial charge in [0, 0.05) is 25.3 Å². The molecule has 0 amide bonds. The predicted octanol–water partition coefficient (Wildman–Crippen LogP) is 1.13. The second-order valence-corrected chi connectivity index (χ2v) is 3.49. The number of aliphatic hydroxyl groups excluding tert-OH is 1. The Balaban J connectivity index is 2.94. The fourth-order valence-electron chi connectivity index (χ4n) is 1.49. The van der Waals surface area contributed by atoms with Gasteiger partial charge in [0.2, 0.25) is 0 Å². The van der Waals surface area contributed by atoms with Crippen molar-refractivity contribution in [3.05, 3.63) is 29.8 Å². The molecule has 0 aliphatic rings. The summed E-state index contributed by atoms with van der Waals surface area (Å²) in [4.78, 5) is 2.01. The summed E-state index contributed by atoms with van der Waals surface area (Å²) < 4.78 is 0. The summed E-state index contributed by atoms with van der Waals surface area (Å²) in [7, 11) is 1.96. The minimum absolute atomic E-state index is 0.0207. The van der Waals surface area contributed by atoms with Gasteiger partial charge in [-0.2, -0.15) is 0 Å². The molecule has 1 atom stereocenters. The molecule has 0 heterocycles. The van der Waals surface area contributed by atoms with Crippen molar-refractivity contribution < 1.29 is 5.11 Å². The number of rotatable bonds is 4. The maximum Gasteiger partial charge on any atom is 0.0606 e. The Bertz CT molecular complexity index is 286. The van der Waals surface area contributed by atoms with Gasteiger partial charge in [0.05, 0.1) is 6.61 Å². The summed E-state index contributed by atoms with van der Waals surface area (Å²) in [5.74, 6) is 0. The Hall–Kier alpha value is -1.06. The molecule has 0 fully saturated rings. The monoisotopic (exact) mass is 194 g/mol. The number of hydrogen-bond acceptors (Lipinski definition) is 3. The molecule has 0 aliphatic carbocycles. The summed E-state index contributed by atoms with van der Waals surface area (Å²) in [6, 6.07) is 8.03. The molecule has 1 aromatic carbocycles. The van der Waals surface area contributed by atoms with Gasteiger partial charge in [0.15, 0.2) is 0 Å². The highest BCUT2D eigenvalue weighted by Gasteiger charge is 2.08. The lowest BCUT2D eigenvalue weighted by atomic mass is 10.1. The van der Waals surface area contributed by atoms with Gasteiger partial charge in [0.1, 0.15) is 0 Å². The molecular weight excluding hydrogens is 176 g/mol. The maximum atomic E-state index is 8.85. The average molecular weight is 194 g/mol. The molecule has 3 nitrogen and oxygen atoms in total. The molecule has 0 bridgehead atoms. The summed E-state index contributed by atoms with van der Waals surface area (Å²) in [6.07, 6.45) is 0. The summed E-state index contributed by atoms with van der Waals surface area (Å²) in [5, 5.41) is 8.85. The van der Waals surface area contributed by atoms with Crippen LogP contribution in [-0.2, 0) is 0 Å². The van der Waals surface area contributed by atoms with Gasteiger partial charge in [0.25, 0.3) is 0 Å². The van der Waals surface area contributed by atoms with E-state index >= 15 is 0 Å². The zero-order valence-electron chi connectivity index (χ0n) is 8.77. The van der Waals surface area contributed by atoms with Gasteiger partial charge in [-0.05, 0) is 18.6 Å². The second kappa shape index (κ2) is 4.98. The molecule has 1 rings (SSSR count). The number of para-hydroxylation sites is 1. The molecule has 0 saturated heterocycles. The normalized spacial score (nSPS) is 12.6. The van der Waals surface area contributed by atoms with Crippen LogP contribution in [-0.4, -0.2) is 25.3 Å². The van der Waals surface area contributed by atoms with Crippen molar-refractivity contribution >= 4 is 5.69 Å². The first kappa shape index (κ1) is 11.0. The number of benzene rings is 1. The smallest absolute Gasteiger partial charge is 0.0606 e. The number of nitrogens with zero attached hydrogens (tertiary/aromatic N) is 1. The first-order valence-corrected chi connectivity index (χ1v) is 4.83. The van der Waals surface area contributed by atoms with E-state index in [1.165, 1.54) is 0 Å². The minimum Gasteiger partial charge on any atom is -0.395 e. The Labute approximate surface area is 85.2 Å². The lowest BCUT2D eigenvalue weighted by molar-refractivity contribution is 0.304. The molecule has 1 aromatic rings. The topological polar surface area (TPSA) is 49.5 Å². The van der Waals surface area contributed by atoms with Crippen molar-refractivity contribution in [1.82, 2.24) is 0 Å². The first-order chi connectivity index (χ1) is 6.66. The van der Waals surface area contributed by atoms with Gasteiger partial charge >= 0.3 is 0 Å². The van der Waals surface area contributed by atoms with Crippen molar-refractivity contribution in [3.63, 3.8) is 0 Å². The Morgan fingerprint density at radius 2 is 2.07 bits per heavy atom. The van der Waals surface area contributed by atoms with Crippen LogP contribution in [0.2, 0.25) is 0 Å². The predicted molar refractivity (Wildman–Crippen MR) is 59.4 cm³/mol. The molecule has 0 saturated carbocycles. The van der Waals surface area contributed by atoms with E-state index in [9.17, 15) is 0 Å². The zero-order valence-corrected chi connectivity index (χ0v) is 8.77. The highest BCUT2D eigenvalue weighted by atomic mass is 16.3. The van der Waals surface area contributed by atoms with Crippen LogP contribution in [0.4, 0.5) is 5.69 Å². The van der Waals surface area contributed by atoms with Crippen molar-refractivity contribution in [1.29, 1.82) is 0 Å². The number of nitrogens with two attached hydrogens (primary N) is 1. The minimum atomic E-state index is 0.0207. The van der Waals surface area contributed by atoms with E-state index in [4.69, 9.17) is 10.8 Å². The number of aliphatic hydroxyl groups is 1. The van der Waals surface area contributed by atoms with Crippen molar-refractivity contribution in [2.75, 3.05) is 25.1 Å². The van der Waals surface area contributed by atoms with Gasteiger partial charge < -0.3 is 15.7 Å². The molecule has 3 N–H and O–H groups in total. The van der Waals surface area contributed by atoms with Crippen LogP contribution in [0.1, 0.15) is 18.5 Å². The van der Waals surface area contributed by atoms with E-state index in [1.54, 1.807) is 0 Å². The van der Waals surface area contributed by atoms with E-state index < -0.39 is 0 Å². The van der Waals surface area contributed by atoms with Crippen LogP contribution >= 0.6 is 0 Å². The lowest BCUT2D eigenvalue weighted by Crippen LogP contribution is -2.23. The Morgan fingerprint density at radius 3 is 2.64 bits per heavy atom. The molecule has 0 aliphatic heterocycles. The summed E-state index contributed by atoms with van der Waals surface area (Å²) in [5.41, 5.74) is 8.07. The molecule has 1 unspecified atom stereocenters. The number of anilines is 1. The number of hydrogen-bond donors (Lipinski definition) is 2. The molecule has 3 heteroatoms. The fourth-order valence-corrected chi connectivity index (χ4v) is 1.49. The average Bonchev–Trinajstić information content (AvgIpc) is 2.18. The molecule has 0 spiro atoms. The molecule has 14 heavy (non-hydrogen) atoms. The largest absolute Gasteiger partial charge is 0.395 e. The van der Waals surface area contributed by atoms with Gasteiger partial charge in [-0.1, -0.05) is 18.2 Å². The highest BCUT2D eigenvalue weighted by molar-refractivity contribution is 5.54. The molecule has 0 aromatic heterocycles. The standard InChI is InChI=1S/C11H18N2O/c1-9(12)10-5-3-4-6-11(10)13(2)7-8-14/h3-6,9,14H,7-8,12H2,1-2H3. The third kappa shape index (κ3) is 2.47. The van der Waals surface area contributed by atoms with Gasteiger partial charge in [-0.25, -0.2) is 0 Å². The van der Waals surface area contributed by atoms with Crippen LogP contribution in [0.3, 0.4) is 0 Å². The van der Waals surface area contributed by atoms with Crippen molar-refractivity contribution in [2.24, 2.45) is 5.73 Å². The molecule has 0 radical (unpaired) electrons. The van der Waals surface area contributed by atoms with Crippen LogP contribution in [0.25, 0.3) is 0 Å². The van der Waals surface area contributed by atoms with E-state index in [-0.39, 0.29) is 12.6 Å². The Morgan fingerprint density at radius 1 is 1.43 bits per heavy atom.